The van der Waals surface area contributed by atoms with Crippen molar-refractivity contribution in [2.45, 2.75) is 12.7 Å². The lowest BCUT2D eigenvalue weighted by molar-refractivity contribution is 1.42. The Morgan fingerprint density at radius 3 is 2.77 bits per heavy atom. The van der Waals surface area contributed by atoms with Crippen molar-refractivity contribution in [1.29, 1.82) is 5.41 Å². The molecule has 1 nitrogen and oxygen atoms in total. The first kappa shape index (κ1) is 10.9. The average molecular weight is 234 g/mol. The third kappa shape index (κ3) is 3.59. The van der Waals surface area contributed by atoms with Crippen molar-refractivity contribution < 1.29 is 0 Å². The van der Waals surface area contributed by atoms with E-state index in [-0.39, 0.29) is 0 Å². The van der Waals surface area contributed by atoms with Gasteiger partial charge >= 0.3 is 0 Å². The molecule has 13 heavy (non-hydrogen) atoms. The molecule has 0 aromatic heterocycles. The summed E-state index contributed by atoms with van der Waals surface area (Å²) in [7, 11) is 0. The summed E-state index contributed by atoms with van der Waals surface area (Å²) in [6, 6.07) is 5.37. The number of halogens is 2. The molecule has 0 fully saturated rings. The second-order valence-electron chi connectivity index (χ2n) is 2.58. The van der Waals surface area contributed by atoms with E-state index in [1.165, 1.54) is 11.8 Å². The van der Waals surface area contributed by atoms with Gasteiger partial charge in [0, 0.05) is 15.8 Å². The van der Waals surface area contributed by atoms with Gasteiger partial charge in [-0.2, -0.15) is 0 Å². The quantitative estimate of drug-likeness (QED) is 0.601. The van der Waals surface area contributed by atoms with Crippen LogP contribution in [0.3, 0.4) is 0 Å². The van der Waals surface area contributed by atoms with E-state index in [0.29, 0.717) is 20.8 Å². The Balaban J connectivity index is 2.75. The number of rotatable bonds is 2. The van der Waals surface area contributed by atoms with Gasteiger partial charge in [0.2, 0.25) is 0 Å². The highest BCUT2D eigenvalue weighted by Gasteiger charge is 2.01. The third-order valence-corrected chi connectivity index (χ3v) is 2.94. The zero-order valence-electron chi connectivity index (χ0n) is 7.10. The highest BCUT2D eigenvalue weighted by molar-refractivity contribution is 8.13. The van der Waals surface area contributed by atoms with Crippen molar-refractivity contribution >= 4 is 40.0 Å². The Morgan fingerprint density at radius 2 is 2.15 bits per heavy atom. The molecule has 0 heterocycles. The molecule has 70 valence electrons. The molecule has 0 amide bonds. The molecule has 0 radical (unpaired) electrons. The van der Waals surface area contributed by atoms with Gasteiger partial charge in [0.05, 0.1) is 5.04 Å². The summed E-state index contributed by atoms with van der Waals surface area (Å²) >= 11 is 13.2. The minimum Gasteiger partial charge on any atom is -0.299 e. The monoisotopic (exact) mass is 233 g/mol. The van der Waals surface area contributed by atoms with Gasteiger partial charge in [-0.1, -0.05) is 23.2 Å². The minimum absolute atomic E-state index is 0.580. The van der Waals surface area contributed by atoms with Crippen LogP contribution in [-0.2, 0) is 5.75 Å². The second-order valence-corrected chi connectivity index (χ2v) is 4.61. The molecule has 4 heteroatoms. The summed E-state index contributed by atoms with van der Waals surface area (Å²) in [5.74, 6) is 0.703. The molecular formula is C9H9Cl2NS. The maximum absolute atomic E-state index is 7.25. The molecule has 0 unspecified atom stereocenters. The van der Waals surface area contributed by atoms with Crippen molar-refractivity contribution in [3.63, 3.8) is 0 Å². The normalized spacial score (nSPS) is 10.1. The lowest BCUT2D eigenvalue weighted by Gasteiger charge is -2.03. The number of benzene rings is 1. The molecule has 0 saturated carbocycles. The molecule has 0 aliphatic rings. The van der Waals surface area contributed by atoms with Gasteiger partial charge in [-0.25, -0.2) is 0 Å². The van der Waals surface area contributed by atoms with Crippen LogP contribution in [0.15, 0.2) is 18.2 Å². The van der Waals surface area contributed by atoms with Gasteiger partial charge in [0.25, 0.3) is 0 Å². The van der Waals surface area contributed by atoms with E-state index in [0.717, 1.165) is 5.56 Å². The largest absolute Gasteiger partial charge is 0.299 e. The van der Waals surface area contributed by atoms with Crippen LogP contribution in [-0.4, -0.2) is 5.04 Å². The third-order valence-electron chi connectivity index (χ3n) is 1.45. The molecule has 1 aromatic rings. The fourth-order valence-electron chi connectivity index (χ4n) is 0.840. The molecule has 0 spiro atoms. The summed E-state index contributed by atoms with van der Waals surface area (Å²) < 4.78 is 0. The van der Waals surface area contributed by atoms with Crippen molar-refractivity contribution in [2.24, 2.45) is 0 Å². The highest BCUT2D eigenvalue weighted by Crippen LogP contribution is 2.24. The molecule has 1 aromatic carbocycles. The first-order valence-corrected chi connectivity index (χ1v) is 5.45. The summed E-state index contributed by atoms with van der Waals surface area (Å²) in [6.45, 7) is 1.75. The van der Waals surface area contributed by atoms with E-state index in [2.05, 4.69) is 0 Å². The Hall–Kier alpha value is -0.180. The maximum atomic E-state index is 7.25. The van der Waals surface area contributed by atoms with Crippen LogP contribution in [0.4, 0.5) is 0 Å². The Bertz CT molecular complexity index is 325. The van der Waals surface area contributed by atoms with Crippen LogP contribution in [0.1, 0.15) is 12.5 Å². The van der Waals surface area contributed by atoms with Crippen LogP contribution in [0.2, 0.25) is 10.0 Å². The van der Waals surface area contributed by atoms with Gasteiger partial charge in [0.15, 0.2) is 0 Å². The molecule has 0 atom stereocenters. The molecule has 1 N–H and O–H groups in total. The molecule has 0 saturated heterocycles. The predicted octanol–water partition coefficient (Wildman–Crippen LogP) is 4.22. The van der Waals surface area contributed by atoms with E-state index in [4.69, 9.17) is 28.6 Å². The predicted molar refractivity (Wildman–Crippen MR) is 61.2 cm³/mol. The molecule has 0 aliphatic carbocycles. The van der Waals surface area contributed by atoms with Crippen LogP contribution >= 0.6 is 35.0 Å². The lowest BCUT2D eigenvalue weighted by Crippen LogP contribution is -1.86. The number of hydrogen-bond acceptors (Lipinski definition) is 2. The van der Waals surface area contributed by atoms with E-state index in [9.17, 15) is 0 Å². The standard InChI is InChI=1S/C9H9Cl2NS/c1-6(12)13-5-7-4-8(10)2-3-9(7)11/h2-4,12H,5H2,1H3. The first-order chi connectivity index (χ1) is 6.09. The zero-order valence-corrected chi connectivity index (χ0v) is 9.43. The fourth-order valence-corrected chi connectivity index (χ4v) is 1.91. The van der Waals surface area contributed by atoms with Crippen molar-refractivity contribution in [3.05, 3.63) is 33.8 Å². The first-order valence-electron chi connectivity index (χ1n) is 3.71. The Morgan fingerprint density at radius 1 is 1.46 bits per heavy atom. The van der Waals surface area contributed by atoms with Crippen molar-refractivity contribution in [1.82, 2.24) is 0 Å². The molecule has 0 bridgehead atoms. The minimum atomic E-state index is 0.580. The van der Waals surface area contributed by atoms with Gasteiger partial charge < -0.3 is 0 Å². The highest BCUT2D eigenvalue weighted by atomic mass is 35.5. The van der Waals surface area contributed by atoms with Gasteiger partial charge in [-0.15, -0.1) is 11.8 Å². The average Bonchev–Trinajstić information content (AvgIpc) is 2.06. The van der Waals surface area contributed by atoms with Crippen LogP contribution in [0.25, 0.3) is 0 Å². The summed E-state index contributed by atoms with van der Waals surface area (Å²) in [4.78, 5) is 0. The van der Waals surface area contributed by atoms with Crippen LogP contribution < -0.4 is 0 Å². The second kappa shape index (κ2) is 4.89. The van der Waals surface area contributed by atoms with E-state index in [1.807, 2.05) is 6.07 Å². The maximum Gasteiger partial charge on any atom is 0.0613 e. The van der Waals surface area contributed by atoms with Gasteiger partial charge in [-0.3, -0.25) is 5.41 Å². The molecule has 0 aliphatic heterocycles. The molecular weight excluding hydrogens is 225 g/mol. The number of hydrogen-bond donors (Lipinski definition) is 1. The SMILES string of the molecule is CC(=N)SCc1cc(Cl)ccc1Cl. The van der Waals surface area contributed by atoms with E-state index in [1.54, 1.807) is 19.1 Å². The van der Waals surface area contributed by atoms with Crippen LogP contribution in [0, 0.1) is 5.41 Å². The number of nitrogens with one attached hydrogen (secondary N) is 1. The van der Waals surface area contributed by atoms with Crippen molar-refractivity contribution in [2.75, 3.05) is 0 Å². The Labute approximate surface area is 91.9 Å². The fraction of sp³-hybridized carbons (Fsp3) is 0.222. The lowest BCUT2D eigenvalue weighted by atomic mass is 10.2. The number of thioether (sulfide) groups is 1. The van der Waals surface area contributed by atoms with Crippen molar-refractivity contribution in [3.8, 4) is 0 Å². The Kier molecular flexibility index (Phi) is 4.10. The summed E-state index contributed by atoms with van der Waals surface area (Å²) in [5, 5.41) is 9.22. The van der Waals surface area contributed by atoms with E-state index < -0.39 is 0 Å². The smallest absolute Gasteiger partial charge is 0.0613 e. The van der Waals surface area contributed by atoms with E-state index >= 15 is 0 Å². The summed E-state index contributed by atoms with van der Waals surface area (Å²) in [6.07, 6.45) is 0. The van der Waals surface area contributed by atoms with Gasteiger partial charge in [-0.05, 0) is 30.7 Å². The van der Waals surface area contributed by atoms with Gasteiger partial charge in [0.1, 0.15) is 0 Å². The van der Waals surface area contributed by atoms with Crippen LogP contribution in [0.5, 0.6) is 0 Å². The summed E-state index contributed by atoms with van der Waals surface area (Å²) in [5.41, 5.74) is 0.978. The zero-order chi connectivity index (χ0) is 9.84. The topological polar surface area (TPSA) is 23.9 Å². The molecule has 1 rings (SSSR count).